The van der Waals surface area contributed by atoms with Crippen LogP contribution in [-0.4, -0.2) is 30.4 Å². The number of hydrogen-bond donors (Lipinski definition) is 1. The van der Waals surface area contributed by atoms with Crippen LogP contribution < -0.4 is 10.6 Å². The van der Waals surface area contributed by atoms with Crippen LogP contribution in [0.1, 0.15) is 57.9 Å². The minimum absolute atomic E-state index is 0.0767. The Balaban J connectivity index is 2.02. The molecular weight excluding hydrogens is 394 g/mol. The molecule has 2 unspecified atom stereocenters. The third kappa shape index (κ3) is 4.20. The van der Waals surface area contributed by atoms with Crippen molar-refractivity contribution in [2.75, 3.05) is 23.7 Å². The van der Waals surface area contributed by atoms with Gasteiger partial charge >= 0.3 is 0 Å². The average molecular weight is 426 g/mol. The van der Waals surface area contributed by atoms with E-state index >= 15 is 0 Å². The molecule has 0 bridgehead atoms. The molecule has 2 N–H and O–H groups in total. The van der Waals surface area contributed by atoms with Crippen LogP contribution in [0.4, 0.5) is 11.4 Å². The number of rotatable bonds is 5. The zero-order chi connectivity index (χ0) is 21.8. The number of hydrogen-bond acceptors (Lipinski definition) is 5. The zero-order valence-electron chi connectivity index (χ0n) is 18.2. The summed E-state index contributed by atoms with van der Waals surface area (Å²) in [5.41, 5.74) is 10.0. The predicted molar refractivity (Wildman–Crippen MR) is 127 cm³/mol. The summed E-state index contributed by atoms with van der Waals surface area (Å²) in [5, 5.41) is 9.78. The van der Waals surface area contributed by atoms with Crippen molar-refractivity contribution in [3.05, 3.63) is 46.8 Å². The Morgan fingerprint density at radius 3 is 2.63 bits per heavy atom. The van der Waals surface area contributed by atoms with Crippen molar-refractivity contribution in [1.29, 1.82) is 5.26 Å². The van der Waals surface area contributed by atoms with E-state index in [0.29, 0.717) is 22.2 Å². The molecule has 0 aliphatic carbocycles. The van der Waals surface area contributed by atoms with Gasteiger partial charge in [0.2, 0.25) is 0 Å². The standard InChI is InChI=1S/C24H32ClN5/c1-5-19(6-2)20-9-10-21(25)22(27)23(20)29-11-7-8-12-30(17(29)4)24-16(3)13-18(14-26)15-28-24/h9-10,13,15-16,19,24H,4-8,11-12,27H2,1-3H3. The summed E-state index contributed by atoms with van der Waals surface area (Å²) in [6.07, 6.45) is 7.76. The summed E-state index contributed by atoms with van der Waals surface area (Å²) >= 11 is 6.47. The fraction of sp³-hybridized carbons (Fsp3) is 0.500. The van der Waals surface area contributed by atoms with Crippen molar-refractivity contribution in [1.82, 2.24) is 4.90 Å². The molecule has 0 spiro atoms. The van der Waals surface area contributed by atoms with E-state index in [-0.39, 0.29) is 12.1 Å². The van der Waals surface area contributed by atoms with Crippen molar-refractivity contribution in [2.24, 2.45) is 10.9 Å². The topological polar surface area (TPSA) is 68.7 Å². The van der Waals surface area contributed by atoms with Crippen molar-refractivity contribution < 1.29 is 0 Å². The van der Waals surface area contributed by atoms with Crippen LogP contribution in [0.25, 0.3) is 0 Å². The summed E-state index contributed by atoms with van der Waals surface area (Å²) in [4.78, 5) is 9.21. The zero-order valence-corrected chi connectivity index (χ0v) is 19.0. The second-order valence-electron chi connectivity index (χ2n) is 8.17. The van der Waals surface area contributed by atoms with Gasteiger partial charge in [0, 0.05) is 25.2 Å². The Morgan fingerprint density at radius 2 is 2.00 bits per heavy atom. The second kappa shape index (κ2) is 9.57. The van der Waals surface area contributed by atoms with Crippen LogP contribution >= 0.6 is 11.6 Å². The smallest absolute Gasteiger partial charge is 0.128 e. The second-order valence-corrected chi connectivity index (χ2v) is 8.57. The summed E-state index contributed by atoms with van der Waals surface area (Å²) < 4.78 is 0. The molecule has 30 heavy (non-hydrogen) atoms. The summed E-state index contributed by atoms with van der Waals surface area (Å²) in [7, 11) is 0. The Hall–Kier alpha value is -2.45. The number of allylic oxidation sites excluding steroid dienone is 1. The van der Waals surface area contributed by atoms with Gasteiger partial charge in [-0.3, -0.25) is 4.99 Å². The third-order valence-electron chi connectivity index (χ3n) is 6.29. The van der Waals surface area contributed by atoms with Gasteiger partial charge in [-0.25, -0.2) is 0 Å². The number of nitriles is 1. The highest BCUT2D eigenvalue weighted by molar-refractivity contribution is 6.33. The number of halogens is 1. The Morgan fingerprint density at radius 1 is 1.30 bits per heavy atom. The van der Waals surface area contributed by atoms with Gasteiger partial charge in [-0.1, -0.05) is 51.1 Å². The quantitative estimate of drug-likeness (QED) is 0.614. The first-order valence-corrected chi connectivity index (χ1v) is 11.3. The average Bonchev–Trinajstić information content (AvgIpc) is 2.93. The van der Waals surface area contributed by atoms with Crippen molar-refractivity contribution in [3.8, 4) is 6.07 Å². The van der Waals surface area contributed by atoms with E-state index in [0.717, 1.165) is 50.3 Å². The Labute approximate surface area is 185 Å². The first-order valence-electron chi connectivity index (χ1n) is 10.9. The summed E-state index contributed by atoms with van der Waals surface area (Å²) in [6.45, 7) is 12.7. The van der Waals surface area contributed by atoms with E-state index in [1.54, 1.807) is 6.21 Å². The van der Waals surface area contributed by atoms with E-state index in [1.807, 2.05) is 12.1 Å². The van der Waals surface area contributed by atoms with Crippen LogP contribution in [0.5, 0.6) is 0 Å². The maximum atomic E-state index is 9.20. The monoisotopic (exact) mass is 425 g/mol. The summed E-state index contributed by atoms with van der Waals surface area (Å²) in [5.74, 6) is 1.44. The minimum atomic E-state index is -0.0767. The van der Waals surface area contributed by atoms with Crippen LogP contribution in [0.2, 0.25) is 5.02 Å². The summed E-state index contributed by atoms with van der Waals surface area (Å²) in [6, 6.07) is 6.23. The molecule has 1 saturated heterocycles. The Kier molecular flexibility index (Phi) is 7.10. The highest BCUT2D eigenvalue weighted by Crippen LogP contribution is 2.42. The molecule has 2 heterocycles. The maximum absolute atomic E-state index is 9.20. The number of nitrogens with two attached hydrogens (primary N) is 1. The van der Waals surface area contributed by atoms with Gasteiger partial charge in [-0.2, -0.15) is 5.26 Å². The lowest BCUT2D eigenvalue weighted by Crippen LogP contribution is -2.43. The molecule has 0 aromatic heterocycles. The van der Waals surface area contributed by atoms with E-state index in [9.17, 15) is 5.26 Å². The number of nitrogens with zero attached hydrogens (tertiary/aromatic N) is 4. The third-order valence-corrected chi connectivity index (χ3v) is 6.62. The molecule has 2 aliphatic rings. The molecule has 5 nitrogen and oxygen atoms in total. The molecule has 160 valence electrons. The van der Waals surface area contributed by atoms with Crippen LogP contribution in [0, 0.1) is 17.2 Å². The molecule has 0 amide bonds. The molecule has 2 aliphatic heterocycles. The molecule has 0 radical (unpaired) electrons. The van der Waals surface area contributed by atoms with E-state index in [1.165, 1.54) is 5.56 Å². The molecule has 1 aromatic carbocycles. The largest absolute Gasteiger partial charge is 0.396 e. The normalized spacial score (nSPS) is 22.1. The van der Waals surface area contributed by atoms with Crippen LogP contribution in [-0.2, 0) is 0 Å². The fourth-order valence-corrected chi connectivity index (χ4v) is 4.74. The van der Waals surface area contributed by atoms with Gasteiger partial charge in [-0.15, -0.1) is 0 Å². The van der Waals surface area contributed by atoms with Gasteiger partial charge in [-0.05, 0) is 43.2 Å². The first kappa shape index (κ1) is 22.2. The van der Waals surface area contributed by atoms with E-state index in [2.05, 4.69) is 49.3 Å². The van der Waals surface area contributed by atoms with Crippen LogP contribution in [0.3, 0.4) is 0 Å². The molecule has 2 atom stereocenters. The van der Waals surface area contributed by atoms with Gasteiger partial charge < -0.3 is 15.5 Å². The van der Waals surface area contributed by atoms with E-state index < -0.39 is 0 Å². The van der Waals surface area contributed by atoms with Gasteiger partial charge in [0.15, 0.2) is 0 Å². The predicted octanol–water partition coefficient (Wildman–Crippen LogP) is 5.70. The molecular formula is C24H32ClN5. The highest BCUT2D eigenvalue weighted by Gasteiger charge is 2.32. The molecule has 6 heteroatoms. The van der Waals surface area contributed by atoms with Gasteiger partial charge in [0.25, 0.3) is 0 Å². The molecule has 0 saturated carbocycles. The number of aliphatic imine (C=N–C) groups is 1. The lowest BCUT2D eigenvalue weighted by molar-refractivity contribution is 0.221. The van der Waals surface area contributed by atoms with Gasteiger partial charge in [0.1, 0.15) is 18.1 Å². The molecule has 1 fully saturated rings. The first-order chi connectivity index (χ1) is 14.4. The molecule has 1 aromatic rings. The number of anilines is 2. The lowest BCUT2D eigenvalue weighted by Gasteiger charge is -2.40. The maximum Gasteiger partial charge on any atom is 0.128 e. The minimum Gasteiger partial charge on any atom is -0.396 e. The van der Waals surface area contributed by atoms with Crippen LogP contribution in [0.15, 0.2) is 41.2 Å². The number of dihydropyridines is 1. The SMILES string of the molecule is C=C1N(c2c(C(CC)CC)ccc(Cl)c2N)CCCCN1C1N=CC(C#N)=CC1C. The number of nitrogen functional groups attached to an aromatic ring is 1. The Bertz CT molecular complexity index is 894. The van der Waals surface area contributed by atoms with Crippen molar-refractivity contribution in [2.45, 2.75) is 58.5 Å². The highest BCUT2D eigenvalue weighted by atomic mass is 35.5. The lowest BCUT2D eigenvalue weighted by atomic mass is 9.91. The van der Waals surface area contributed by atoms with Crippen molar-refractivity contribution in [3.63, 3.8) is 0 Å². The van der Waals surface area contributed by atoms with Gasteiger partial charge in [0.05, 0.1) is 22.0 Å². The van der Waals surface area contributed by atoms with E-state index in [4.69, 9.17) is 22.3 Å². The fourth-order valence-electron chi connectivity index (χ4n) is 4.59. The molecule has 3 rings (SSSR count). The number of benzene rings is 1. The van der Waals surface area contributed by atoms with Crippen molar-refractivity contribution >= 4 is 29.2 Å².